The lowest BCUT2D eigenvalue weighted by atomic mass is 10.1. The smallest absolute Gasteiger partial charge is 0.315 e. The Bertz CT molecular complexity index is 617. The molecule has 0 aliphatic rings. The Kier molecular flexibility index (Phi) is 13.6. The molecule has 176 valence electrons. The van der Waals surface area contributed by atoms with Gasteiger partial charge in [-0.2, -0.15) is 0 Å². The minimum Gasteiger partial charge on any atom is -0.550 e. The first kappa shape index (κ1) is 26.9. The standard InChI is InChI=1S/C24H41N3O4/c1-27(2,3)20-22(19-23(28)29)26-24(30)25-16-10-4-5-11-17-31-18-12-9-15-21-13-7-6-8-14-21/h6-8,13-14,22H,4-5,9-12,15-20H2,1-3H3,(H2-,25,26,28,29,30). The van der Waals surface area contributed by atoms with E-state index in [2.05, 4.69) is 34.9 Å². The van der Waals surface area contributed by atoms with Crippen molar-refractivity contribution < 1.29 is 23.9 Å². The van der Waals surface area contributed by atoms with Crippen LogP contribution in [0.15, 0.2) is 30.3 Å². The van der Waals surface area contributed by atoms with Gasteiger partial charge in [0.15, 0.2) is 0 Å². The largest absolute Gasteiger partial charge is 0.550 e. The summed E-state index contributed by atoms with van der Waals surface area (Å²) in [5, 5.41) is 16.4. The lowest BCUT2D eigenvalue weighted by molar-refractivity contribution is -0.871. The molecule has 1 aromatic carbocycles. The Labute approximate surface area is 187 Å². The molecule has 1 unspecified atom stereocenters. The molecule has 0 saturated carbocycles. The van der Waals surface area contributed by atoms with Crippen molar-refractivity contribution in [1.29, 1.82) is 0 Å². The summed E-state index contributed by atoms with van der Waals surface area (Å²) in [5.41, 5.74) is 1.38. The molecule has 0 bridgehead atoms. The topological polar surface area (TPSA) is 90.5 Å². The predicted octanol–water partition coefficient (Wildman–Crippen LogP) is 2.10. The monoisotopic (exact) mass is 435 g/mol. The summed E-state index contributed by atoms with van der Waals surface area (Å²) in [6.45, 7) is 2.70. The lowest BCUT2D eigenvalue weighted by Crippen LogP contribution is -2.53. The first-order valence-corrected chi connectivity index (χ1v) is 11.4. The molecule has 1 aromatic rings. The van der Waals surface area contributed by atoms with Crippen LogP contribution in [0, 0.1) is 0 Å². The zero-order chi connectivity index (χ0) is 23.0. The van der Waals surface area contributed by atoms with Gasteiger partial charge in [-0.15, -0.1) is 0 Å². The van der Waals surface area contributed by atoms with E-state index < -0.39 is 12.0 Å². The van der Waals surface area contributed by atoms with Gasteiger partial charge in [-0.25, -0.2) is 4.79 Å². The van der Waals surface area contributed by atoms with Crippen molar-refractivity contribution in [2.75, 3.05) is 47.4 Å². The Morgan fingerprint density at radius 3 is 2.26 bits per heavy atom. The number of hydrogen-bond donors (Lipinski definition) is 2. The number of hydrogen-bond acceptors (Lipinski definition) is 4. The number of amides is 2. The molecule has 0 radical (unpaired) electrons. The van der Waals surface area contributed by atoms with Gasteiger partial charge in [-0.05, 0) is 37.7 Å². The number of urea groups is 1. The first-order chi connectivity index (χ1) is 14.8. The molecule has 7 nitrogen and oxygen atoms in total. The lowest BCUT2D eigenvalue weighted by Gasteiger charge is -2.30. The van der Waals surface area contributed by atoms with E-state index in [1.807, 2.05) is 27.2 Å². The molecule has 1 atom stereocenters. The van der Waals surface area contributed by atoms with Crippen LogP contribution in [0.2, 0.25) is 0 Å². The number of aryl methyl sites for hydroxylation is 1. The molecule has 0 fully saturated rings. The number of nitrogens with one attached hydrogen (secondary N) is 2. The van der Waals surface area contributed by atoms with E-state index in [-0.39, 0.29) is 12.5 Å². The van der Waals surface area contributed by atoms with E-state index in [1.54, 1.807) is 0 Å². The van der Waals surface area contributed by atoms with Gasteiger partial charge in [0.2, 0.25) is 0 Å². The average Bonchev–Trinajstić information content (AvgIpc) is 2.67. The van der Waals surface area contributed by atoms with E-state index >= 15 is 0 Å². The highest BCUT2D eigenvalue weighted by molar-refractivity contribution is 5.75. The summed E-state index contributed by atoms with van der Waals surface area (Å²) in [5.74, 6) is -1.16. The van der Waals surface area contributed by atoms with Crippen molar-refractivity contribution in [1.82, 2.24) is 10.6 Å². The van der Waals surface area contributed by atoms with Crippen LogP contribution in [0.5, 0.6) is 0 Å². The molecule has 2 amide bonds. The Morgan fingerprint density at radius 2 is 1.61 bits per heavy atom. The number of likely N-dealkylation sites (N-methyl/N-ethyl adjacent to an activating group) is 1. The van der Waals surface area contributed by atoms with E-state index in [1.165, 1.54) is 5.56 Å². The number of benzene rings is 1. The number of carboxylic acids is 1. The Morgan fingerprint density at radius 1 is 0.968 bits per heavy atom. The second-order valence-corrected chi connectivity index (χ2v) is 9.12. The van der Waals surface area contributed by atoms with Crippen molar-refractivity contribution in [2.45, 2.75) is 57.4 Å². The van der Waals surface area contributed by atoms with Gasteiger partial charge in [-0.1, -0.05) is 43.2 Å². The second-order valence-electron chi connectivity index (χ2n) is 9.12. The third-order valence-corrected chi connectivity index (χ3v) is 4.86. The van der Waals surface area contributed by atoms with Gasteiger partial charge in [0.05, 0.1) is 33.7 Å². The van der Waals surface area contributed by atoms with Crippen LogP contribution in [-0.4, -0.2) is 70.0 Å². The van der Waals surface area contributed by atoms with Gasteiger partial charge < -0.3 is 29.8 Å². The van der Waals surface area contributed by atoms with E-state index in [4.69, 9.17) is 4.74 Å². The highest BCUT2D eigenvalue weighted by Gasteiger charge is 2.20. The predicted molar refractivity (Wildman–Crippen MR) is 122 cm³/mol. The maximum absolute atomic E-state index is 12.0. The summed E-state index contributed by atoms with van der Waals surface area (Å²) in [6.07, 6.45) is 7.18. The van der Waals surface area contributed by atoms with Crippen molar-refractivity contribution in [3.8, 4) is 0 Å². The van der Waals surface area contributed by atoms with Crippen molar-refractivity contribution in [3.05, 3.63) is 35.9 Å². The van der Waals surface area contributed by atoms with Crippen LogP contribution >= 0.6 is 0 Å². The number of aliphatic carboxylic acids is 1. The average molecular weight is 436 g/mol. The normalized spacial score (nSPS) is 12.4. The number of carbonyl (C=O) groups is 2. The molecule has 1 rings (SSSR count). The quantitative estimate of drug-likeness (QED) is 0.290. The van der Waals surface area contributed by atoms with Gasteiger partial charge in [0.25, 0.3) is 0 Å². The van der Waals surface area contributed by atoms with Crippen LogP contribution in [-0.2, 0) is 16.0 Å². The van der Waals surface area contributed by atoms with E-state index in [9.17, 15) is 14.7 Å². The van der Waals surface area contributed by atoms with Crippen molar-refractivity contribution in [3.63, 3.8) is 0 Å². The summed E-state index contributed by atoms with van der Waals surface area (Å²) in [4.78, 5) is 22.9. The molecule has 31 heavy (non-hydrogen) atoms. The summed E-state index contributed by atoms with van der Waals surface area (Å²) < 4.78 is 6.26. The van der Waals surface area contributed by atoms with Gasteiger partial charge in [0, 0.05) is 32.1 Å². The third-order valence-electron chi connectivity index (χ3n) is 4.86. The molecular weight excluding hydrogens is 394 g/mol. The molecule has 0 heterocycles. The number of rotatable bonds is 17. The zero-order valence-corrected chi connectivity index (χ0v) is 19.5. The Balaban J connectivity index is 1.96. The minimum absolute atomic E-state index is 0.185. The fourth-order valence-electron chi connectivity index (χ4n) is 3.42. The summed E-state index contributed by atoms with van der Waals surface area (Å²) in [7, 11) is 5.86. The highest BCUT2D eigenvalue weighted by atomic mass is 16.5. The SMILES string of the molecule is C[N+](C)(C)CC(CC(=O)[O-])NC(=O)NCCCCCCOCCCCc1ccccc1. The van der Waals surface area contributed by atoms with Crippen LogP contribution in [0.25, 0.3) is 0 Å². The van der Waals surface area contributed by atoms with Crippen molar-refractivity contribution in [2.24, 2.45) is 0 Å². The van der Waals surface area contributed by atoms with Gasteiger partial charge >= 0.3 is 6.03 Å². The number of ether oxygens (including phenoxy) is 1. The number of carbonyl (C=O) groups excluding carboxylic acids is 2. The number of nitrogens with zero attached hydrogens (tertiary/aromatic N) is 1. The Hall–Kier alpha value is -2.12. The fourth-order valence-corrected chi connectivity index (χ4v) is 3.42. The molecule has 0 aliphatic heterocycles. The van der Waals surface area contributed by atoms with Crippen LogP contribution in [0.1, 0.15) is 50.5 Å². The molecule has 2 N–H and O–H groups in total. The maximum Gasteiger partial charge on any atom is 0.315 e. The van der Waals surface area contributed by atoms with Gasteiger partial charge in [-0.3, -0.25) is 0 Å². The van der Waals surface area contributed by atoms with Crippen LogP contribution in [0.3, 0.4) is 0 Å². The molecular formula is C24H41N3O4. The minimum atomic E-state index is -1.16. The number of carboxylic acid groups (broad SMARTS) is 1. The summed E-state index contributed by atoms with van der Waals surface area (Å²) in [6, 6.07) is 9.75. The third kappa shape index (κ3) is 16.3. The molecule has 0 saturated heterocycles. The first-order valence-electron chi connectivity index (χ1n) is 11.4. The second kappa shape index (κ2) is 15.6. The fraction of sp³-hybridized carbons (Fsp3) is 0.667. The van der Waals surface area contributed by atoms with Crippen molar-refractivity contribution >= 4 is 12.0 Å². The number of quaternary nitrogens is 1. The maximum atomic E-state index is 12.0. The molecule has 0 spiro atoms. The zero-order valence-electron chi connectivity index (χ0n) is 19.5. The number of unbranched alkanes of at least 4 members (excludes halogenated alkanes) is 4. The molecule has 7 heteroatoms. The summed E-state index contributed by atoms with van der Waals surface area (Å²) >= 11 is 0. The van der Waals surface area contributed by atoms with Gasteiger partial charge in [0.1, 0.15) is 0 Å². The van der Waals surface area contributed by atoms with E-state index in [0.29, 0.717) is 17.6 Å². The highest BCUT2D eigenvalue weighted by Crippen LogP contribution is 2.05. The molecule has 0 aliphatic carbocycles. The van der Waals surface area contributed by atoms with Crippen LogP contribution < -0.4 is 15.7 Å². The molecule has 0 aromatic heterocycles. The van der Waals surface area contributed by atoms with E-state index in [0.717, 1.165) is 58.2 Å². The van der Waals surface area contributed by atoms with Crippen LogP contribution in [0.4, 0.5) is 4.79 Å².